The lowest BCUT2D eigenvalue weighted by Gasteiger charge is -2.19. The lowest BCUT2D eigenvalue weighted by atomic mass is 9.88. The molecule has 0 aliphatic rings. The predicted molar refractivity (Wildman–Crippen MR) is 105 cm³/mol. The SMILES string of the molecule is CCCc1c(CC(=O)OCC)cc2cc(OC)c(OC)cc2c1CCC. The van der Waals surface area contributed by atoms with Gasteiger partial charge in [-0.25, -0.2) is 0 Å². The number of methoxy groups -OCH3 is 2. The molecule has 2 aromatic carbocycles. The summed E-state index contributed by atoms with van der Waals surface area (Å²) in [4.78, 5) is 12.1. The van der Waals surface area contributed by atoms with Crippen molar-refractivity contribution in [3.05, 3.63) is 34.9 Å². The molecular weight excluding hydrogens is 328 g/mol. The maximum atomic E-state index is 12.1. The smallest absolute Gasteiger partial charge is 0.310 e. The highest BCUT2D eigenvalue weighted by atomic mass is 16.5. The minimum atomic E-state index is -0.174. The van der Waals surface area contributed by atoms with Crippen molar-refractivity contribution < 1.29 is 19.0 Å². The lowest BCUT2D eigenvalue weighted by Crippen LogP contribution is -2.11. The van der Waals surface area contributed by atoms with Crippen molar-refractivity contribution in [2.75, 3.05) is 20.8 Å². The molecule has 0 radical (unpaired) electrons. The number of esters is 1. The summed E-state index contributed by atoms with van der Waals surface area (Å²) in [5.41, 5.74) is 3.66. The van der Waals surface area contributed by atoms with Crippen molar-refractivity contribution in [3.8, 4) is 11.5 Å². The fourth-order valence-electron chi connectivity index (χ4n) is 3.53. The summed E-state index contributed by atoms with van der Waals surface area (Å²) >= 11 is 0. The Morgan fingerprint density at radius 3 is 2.08 bits per heavy atom. The molecule has 0 aliphatic carbocycles. The summed E-state index contributed by atoms with van der Waals surface area (Å²) in [5, 5.41) is 2.26. The van der Waals surface area contributed by atoms with Crippen LogP contribution >= 0.6 is 0 Å². The van der Waals surface area contributed by atoms with Crippen LogP contribution in [0.5, 0.6) is 11.5 Å². The van der Waals surface area contributed by atoms with Crippen molar-refractivity contribution in [2.24, 2.45) is 0 Å². The lowest BCUT2D eigenvalue weighted by molar-refractivity contribution is -0.142. The van der Waals surface area contributed by atoms with Crippen LogP contribution in [0.1, 0.15) is 50.3 Å². The summed E-state index contributed by atoms with van der Waals surface area (Å²) in [7, 11) is 3.30. The number of ether oxygens (including phenoxy) is 3. The molecule has 0 fully saturated rings. The zero-order valence-electron chi connectivity index (χ0n) is 16.6. The highest BCUT2D eigenvalue weighted by Crippen LogP contribution is 2.37. The molecule has 0 N–H and O–H groups in total. The fraction of sp³-hybridized carbons (Fsp3) is 0.500. The fourth-order valence-corrected chi connectivity index (χ4v) is 3.53. The van der Waals surface area contributed by atoms with Gasteiger partial charge >= 0.3 is 5.97 Å². The molecule has 2 aromatic rings. The number of aryl methyl sites for hydroxylation is 1. The van der Waals surface area contributed by atoms with E-state index in [1.54, 1.807) is 14.2 Å². The van der Waals surface area contributed by atoms with Gasteiger partial charge in [-0.3, -0.25) is 4.79 Å². The Morgan fingerprint density at radius 1 is 0.885 bits per heavy atom. The number of benzene rings is 2. The minimum absolute atomic E-state index is 0.174. The molecule has 4 nitrogen and oxygen atoms in total. The second kappa shape index (κ2) is 9.46. The van der Waals surface area contributed by atoms with Crippen molar-refractivity contribution >= 4 is 16.7 Å². The normalized spacial score (nSPS) is 10.8. The molecule has 0 bridgehead atoms. The first-order chi connectivity index (χ1) is 12.6. The van der Waals surface area contributed by atoms with Gasteiger partial charge in [0, 0.05) is 0 Å². The molecule has 0 spiro atoms. The summed E-state index contributed by atoms with van der Waals surface area (Å²) in [6, 6.07) is 6.17. The van der Waals surface area contributed by atoms with Gasteiger partial charge in [0.15, 0.2) is 11.5 Å². The Morgan fingerprint density at radius 2 is 1.50 bits per heavy atom. The van der Waals surface area contributed by atoms with Gasteiger partial charge in [-0.2, -0.15) is 0 Å². The van der Waals surface area contributed by atoms with Gasteiger partial charge < -0.3 is 14.2 Å². The number of hydrogen-bond acceptors (Lipinski definition) is 4. The molecule has 0 aliphatic heterocycles. The number of carbonyl (C=O) groups is 1. The van der Waals surface area contributed by atoms with E-state index < -0.39 is 0 Å². The Hall–Kier alpha value is -2.23. The van der Waals surface area contributed by atoms with Crippen LogP contribution in [-0.2, 0) is 28.8 Å². The van der Waals surface area contributed by atoms with E-state index in [2.05, 4.69) is 26.0 Å². The van der Waals surface area contributed by atoms with Crippen LogP contribution in [0.15, 0.2) is 18.2 Å². The van der Waals surface area contributed by atoms with Gasteiger partial charge in [-0.05, 0) is 59.4 Å². The third-order valence-corrected chi connectivity index (χ3v) is 4.60. The second-order valence-electron chi connectivity index (χ2n) is 6.40. The van der Waals surface area contributed by atoms with Crippen LogP contribution in [-0.4, -0.2) is 26.8 Å². The monoisotopic (exact) mass is 358 g/mol. The molecule has 0 aromatic heterocycles. The van der Waals surface area contributed by atoms with Gasteiger partial charge in [0.25, 0.3) is 0 Å². The molecule has 0 heterocycles. The first-order valence-corrected chi connectivity index (χ1v) is 9.44. The molecule has 0 atom stereocenters. The van der Waals surface area contributed by atoms with Crippen molar-refractivity contribution in [3.63, 3.8) is 0 Å². The first-order valence-electron chi connectivity index (χ1n) is 9.44. The van der Waals surface area contributed by atoms with E-state index in [1.807, 2.05) is 13.0 Å². The van der Waals surface area contributed by atoms with Crippen LogP contribution in [0.2, 0.25) is 0 Å². The molecule has 0 saturated carbocycles. The molecule has 26 heavy (non-hydrogen) atoms. The summed E-state index contributed by atoms with van der Waals surface area (Å²) in [6.45, 7) is 6.59. The van der Waals surface area contributed by atoms with Crippen molar-refractivity contribution in [1.82, 2.24) is 0 Å². The van der Waals surface area contributed by atoms with Gasteiger partial charge in [-0.15, -0.1) is 0 Å². The summed E-state index contributed by atoms with van der Waals surface area (Å²) < 4.78 is 16.2. The third kappa shape index (κ3) is 4.29. The molecule has 0 amide bonds. The van der Waals surface area contributed by atoms with Crippen molar-refractivity contribution in [1.29, 1.82) is 0 Å². The molecule has 0 unspecified atom stereocenters. The minimum Gasteiger partial charge on any atom is -0.493 e. The maximum Gasteiger partial charge on any atom is 0.310 e. The number of rotatable bonds is 9. The Kier molecular flexibility index (Phi) is 7.31. The average molecular weight is 358 g/mol. The molecule has 142 valence electrons. The zero-order valence-corrected chi connectivity index (χ0v) is 16.6. The zero-order chi connectivity index (χ0) is 19.1. The molecule has 4 heteroatoms. The topological polar surface area (TPSA) is 44.8 Å². The summed E-state index contributed by atoms with van der Waals surface area (Å²) in [5.74, 6) is 1.26. The van der Waals surface area contributed by atoms with Crippen molar-refractivity contribution in [2.45, 2.75) is 52.9 Å². The highest BCUT2D eigenvalue weighted by molar-refractivity contribution is 5.92. The standard InChI is InChI=1S/C22H30O4/c1-6-9-17-16(13-22(23)26-8-3)11-15-12-20(24-4)21(25-5)14-19(15)18(17)10-7-2/h11-12,14H,6-10,13H2,1-5H3. The Bertz CT molecular complexity index is 765. The maximum absolute atomic E-state index is 12.1. The van der Waals surface area contributed by atoms with Gasteiger partial charge in [0.05, 0.1) is 27.2 Å². The Balaban J connectivity index is 2.72. The Labute approximate surface area is 156 Å². The number of carbonyl (C=O) groups excluding carboxylic acids is 1. The van der Waals surface area contributed by atoms with Crippen LogP contribution < -0.4 is 9.47 Å². The number of fused-ring (bicyclic) bond motifs is 1. The van der Waals surface area contributed by atoms with Crippen LogP contribution in [0.3, 0.4) is 0 Å². The predicted octanol–water partition coefficient (Wildman–Crippen LogP) is 4.87. The highest BCUT2D eigenvalue weighted by Gasteiger charge is 2.17. The van der Waals surface area contributed by atoms with E-state index in [0.29, 0.717) is 18.8 Å². The van der Waals surface area contributed by atoms with Crippen LogP contribution in [0, 0.1) is 0 Å². The van der Waals surface area contributed by atoms with Crippen LogP contribution in [0.4, 0.5) is 0 Å². The summed E-state index contributed by atoms with van der Waals surface area (Å²) in [6.07, 6.45) is 4.31. The van der Waals surface area contributed by atoms with E-state index in [1.165, 1.54) is 16.5 Å². The largest absolute Gasteiger partial charge is 0.493 e. The van der Waals surface area contributed by atoms with Crippen LogP contribution in [0.25, 0.3) is 10.8 Å². The molecule has 0 saturated heterocycles. The number of hydrogen-bond donors (Lipinski definition) is 0. The quantitative estimate of drug-likeness (QED) is 0.600. The first kappa shape index (κ1) is 20.1. The van der Waals surface area contributed by atoms with E-state index in [0.717, 1.165) is 42.4 Å². The second-order valence-corrected chi connectivity index (χ2v) is 6.40. The van der Waals surface area contributed by atoms with E-state index in [4.69, 9.17) is 14.2 Å². The van der Waals surface area contributed by atoms with E-state index in [9.17, 15) is 4.79 Å². The van der Waals surface area contributed by atoms with E-state index in [-0.39, 0.29) is 5.97 Å². The molecule has 2 rings (SSSR count). The van der Waals surface area contributed by atoms with Gasteiger partial charge in [-0.1, -0.05) is 32.8 Å². The van der Waals surface area contributed by atoms with E-state index >= 15 is 0 Å². The molecular formula is C22H30O4. The van der Waals surface area contributed by atoms with Gasteiger partial charge in [0.1, 0.15) is 0 Å². The average Bonchev–Trinajstić information content (AvgIpc) is 2.63. The third-order valence-electron chi connectivity index (χ3n) is 4.60. The van der Waals surface area contributed by atoms with Gasteiger partial charge in [0.2, 0.25) is 0 Å².